The second-order valence-electron chi connectivity index (χ2n) is 6.56. The fraction of sp³-hybridized carbons (Fsp3) is 0.105. The number of aromatic amines is 1. The zero-order chi connectivity index (χ0) is 20.4. The highest BCUT2D eigenvalue weighted by atomic mass is 35.5. The predicted octanol–water partition coefficient (Wildman–Crippen LogP) is 4.71. The number of fused-ring (bicyclic) bond motifs is 4. The Labute approximate surface area is 165 Å². The minimum Gasteiger partial charge on any atom is -0.278 e. The van der Waals surface area contributed by atoms with Gasteiger partial charge in [-0.25, -0.2) is 9.07 Å². The largest absolute Gasteiger partial charge is 0.333 e. The number of nitrogens with zero attached hydrogens (tertiary/aromatic N) is 4. The average molecular weight is 418 g/mol. The molecule has 5 aromatic rings. The van der Waals surface area contributed by atoms with Gasteiger partial charge < -0.3 is 0 Å². The van der Waals surface area contributed by atoms with E-state index >= 15 is 0 Å². The van der Waals surface area contributed by atoms with E-state index in [0.29, 0.717) is 21.3 Å². The topological polar surface area (TPSA) is 68.5 Å². The standard InChI is InChI=1S/C19H11ClF3N5O/c1-8-16-9-5-12(21)11(20)6-15(9)27(18(29)17(16)26-28(8)19(22)23)14-4-2-3-13-10(14)7-24-25-13/h2-7,19H,1H3,(H,24,25). The second-order valence-corrected chi connectivity index (χ2v) is 6.97. The van der Waals surface area contributed by atoms with Crippen LogP contribution in [0.3, 0.4) is 0 Å². The molecular weight excluding hydrogens is 407 g/mol. The number of aryl methyl sites for hydroxylation is 1. The Hall–Kier alpha value is -3.33. The van der Waals surface area contributed by atoms with Gasteiger partial charge in [0.15, 0.2) is 5.52 Å². The zero-order valence-corrected chi connectivity index (χ0v) is 15.5. The molecule has 0 aliphatic carbocycles. The van der Waals surface area contributed by atoms with Crippen LogP contribution < -0.4 is 5.56 Å². The summed E-state index contributed by atoms with van der Waals surface area (Å²) in [5, 5.41) is 11.5. The maximum Gasteiger partial charge on any atom is 0.333 e. The van der Waals surface area contributed by atoms with Gasteiger partial charge in [-0.3, -0.25) is 14.5 Å². The van der Waals surface area contributed by atoms with Crippen molar-refractivity contribution in [2.75, 3.05) is 0 Å². The van der Waals surface area contributed by atoms with Crippen molar-refractivity contribution < 1.29 is 13.2 Å². The van der Waals surface area contributed by atoms with Crippen LogP contribution in [0.4, 0.5) is 13.2 Å². The normalized spacial score (nSPS) is 12.1. The summed E-state index contributed by atoms with van der Waals surface area (Å²) in [7, 11) is 0. The Morgan fingerprint density at radius 1 is 1.21 bits per heavy atom. The van der Waals surface area contributed by atoms with Gasteiger partial charge >= 0.3 is 6.55 Å². The van der Waals surface area contributed by atoms with E-state index in [-0.39, 0.29) is 32.5 Å². The van der Waals surface area contributed by atoms with E-state index in [0.717, 1.165) is 6.07 Å². The van der Waals surface area contributed by atoms with Crippen LogP contribution in [0.1, 0.15) is 12.2 Å². The lowest BCUT2D eigenvalue weighted by Crippen LogP contribution is -2.20. The van der Waals surface area contributed by atoms with Crippen LogP contribution in [0.15, 0.2) is 41.3 Å². The molecule has 10 heteroatoms. The number of benzene rings is 2. The molecule has 1 N–H and O–H groups in total. The quantitative estimate of drug-likeness (QED) is 0.452. The summed E-state index contributed by atoms with van der Waals surface area (Å²) in [6, 6.07) is 7.62. The first-order valence-corrected chi connectivity index (χ1v) is 8.89. The molecule has 0 aliphatic heterocycles. The molecule has 3 aromatic heterocycles. The lowest BCUT2D eigenvalue weighted by atomic mass is 10.1. The number of hydrogen-bond acceptors (Lipinski definition) is 3. The number of halogens is 4. The van der Waals surface area contributed by atoms with Crippen molar-refractivity contribution in [3.8, 4) is 5.69 Å². The third-order valence-electron chi connectivity index (χ3n) is 4.99. The van der Waals surface area contributed by atoms with E-state index in [1.165, 1.54) is 17.6 Å². The van der Waals surface area contributed by atoms with Gasteiger partial charge in [-0.05, 0) is 31.2 Å². The van der Waals surface area contributed by atoms with Crippen molar-refractivity contribution in [3.05, 3.63) is 63.4 Å². The minimum atomic E-state index is -2.94. The van der Waals surface area contributed by atoms with Gasteiger partial charge in [0.1, 0.15) is 5.82 Å². The number of rotatable bonds is 2. The maximum atomic E-state index is 14.3. The SMILES string of the molecule is Cc1c2c(nn1C(F)F)c(=O)n(-c1cccc3[nH]ncc13)c1cc(Cl)c(F)cc21. The highest BCUT2D eigenvalue weighted by Gasteiger charge is 2.23. The smallest absolute Gasteiger partial charge is 0.278 e. The van der Waals surface area contributed by atoms with Crippen molar-refractivity contribution in [1.29, 1.82) is 0 Å². The zero-order valence-electron chi connectivity index (χ0n) is 14.8. The molecule has 0 saturated heterocycles. The predicted molar refractivity (Wildman–Crippen MR) is 103 cm³/mol. The van der Waals surface area contributed by atoms with Crippen molar-refractivity contribution in [2.24, 2.45) is 0 Å². The van der Waals surface area contributed by atoms with E-state index in [1.807, 2.05) is 0 Å². The molecule has 29 heavy (non-hydrogen) atoms. The summed E-state index contributed by atoms with van der Waals surface area (Å²) < 4.78 is 42.9. The lowest BCUT2D eigenvalue weighted by molar-refractivity contribution is 0.0552. The summed E-state index contributed by atoms with van der Waals surface area (Å²) in [6.45, 7) is -1.53. The van der Waals surface area contributed by atoms with E-state index in [1.54, 1.807) is 24.4 Å². The Kier molecular flexibility index (Phi) is 3.72. The molecule has 0 radical (unpaired) electrons. The van der Waals surface area contributed by atoms with Gasteiger partial charge in [0, 0.05) is 16.2 Å². The van der Waals surface area contributed by atoms with Crippen LogP contribution in [0.25, 0.3) is 38.4 Å². The average Bonchev–Trinajstić information content (AvgIpc) is 3.29. The molecule has 3 heterocycles. The second kappa shape index (κ2) is 6.08. The number of hydrogen-bond donors (Lipinski definition) is 1. The Morgan fingerprint density at radius 2 is 2.00 bits per heavy atom. The maximum absolute atomic E-state index is 14.3. The molecule has 0 unspecified atom stereocenters. The van der Waals surface area contributed by atoms with Crippen LogP contribution in [0.5, 0.6) is 0 Å². The molecule has 0 fully saturated rings. The van der Waals surface area contributed by atoms with Crippen molar-refractivity contribution in [3.63, 3.8) is 0 Å². The number of nitrogens with one attached hydrogen (secondary N) is 1. The summed E-state index contributed by atoms with van der Waals surface area (Å²) >= 11 is 5.99. The number of H-pyrrole nitrogens is 1. The lowest BCUT2D eigenvalue weighted by Gasteiger charge is -2.13. The fourth-order valence-electron chi connectivity index (χ4n) is 3.70. The highest BCUT2D eigenvalue weighted by Crippen LogP contribution is 2.33. The summed E-state index contributed by atoms with van der Waals surface area (Å²) in [5.74, 6) is -0.726. The van der Waals surface area contributed by atoms with Gasteiger partial charge in [-0.2, -0.15) is 19.0 Å². The molecule has 0 atom stereocenters. The van der Waals surface area contributed by atoms with Gasteiger partial charge in [0.2, 0.25) is 0 Å². The summed E-state index contributed by atoms with van der Waals surface area (Å²) in [5.41, 5.74) is 0.654. The monoisotopic (exact) mass is 417 g/mol. The van der Waals surface area contributed by atoms with Crippen LogP contribution >= 0.6 is 11.6 Å². The van der Waals surface area contributed by atoms with Gasteiger partial charge in [0.25, 0.3) is 5.56 Å². The van der Waals surface area contributed by atoms with Crippen LogP contribution in [0, 0.1) is 12.7 Å². The minimum absolute atomic E-state index is 0.0625. The van der Waals surface area contributed by atoms with Crippen LogP contribution in [0.2, 0.25) is 5.02 Å². The molecule has 0 bridgehead atoms. The first kappa shape index (κ1) is 17.7. The third-order valence-corrected chi connectivity index (χ3v) is 5.28. The van der Waals surface area contributed by atoms with Crippen molar-refractivity contribution in [2.45, 2.75) is 13.5 Å². The number of aromatic nitrogens is 5. The Balaban J connectivity index is 2.06. The molecule has 5 rings (SSSR count). The number of alkyl halides is 2. The molecule has 2 aromatic carbocycles. The summed E-state index contributed by atoms with van der Waals surface area (Å²) in [6.07, 6.45) is 1.54. The van der Waals surface area contributed by atoms with Crippen molar-refractivity contribution in [1.82, 2.24) is 24.5 Å². The van der Waals surface area contributed by atoms with Gasteiger partial charge in [-0.15, -0.1) is 0 Å². The van der Waals surface area contributed by atoms with E-state index in [4.69, 9.17) is 11.6 Å². The van der Waals surface area contributed by atoms with Gasteiger partial charge in [-0.1, -0.05) is 17.7 Å². The molecule has 0 amide bonds. The van der Waals surface area contributed by atoms with E-state index in [2.05, 4.69) is 15.3 Å². The molecule has 6 nitrogen and oxygen atoms in total. The van der Waals surface area contributed by atoms with Crippen molar-refractivity contribution >= 4 is 44.3 Å². The summed E-state index contributed by atoms with van der Waals surface area (Å²) in [4.78, 5) is 13.4. The molecule has 0 saturated carbocycles. The van der Waals surface area contributed by atoms with E-state index < -0.39 is 17.9 Å². The first-order valence-electron chi connectivity index (χ1n) is 8.51. The Morgan fingerprint density at radius 3 is 2.76 bits per heavy atom. The molecule has 0 spiro atoms. The highest BCUT2D eigenvalue weighted by molar-refractivity contribution is 6.31. The number of pyridine rings is 1. The van der Waals surface area contributed by atoms with Crippen LogP contribution in [-0.4, -0.2) is 24.5 Å². The van der Waals surface area contributed by atoms with Gasteiger partial charge in [0.05, 0.1) is 33.6 Å². The van der Waals surface area contributed by atoms with E-state index in [9.17, 15) is 18.0 Å². The fourth-order valence-corrected chi connectivity index (χ4v) is 3.86. The molecule has 0 aliphatic rings. The molecular formula is C19H11ClF3N5O. The first-order chi connectivity index (χ1) is 13.9. The Bertz CT molecular complexity index is 1500. The van der Waals surface area contributed by atoms with Crippen LogP contribution in [-0.2, 0) is 0 Å². The molecule has 146 valence electrons. The third kappa shape index (κ3) is 2.40.